The van der Waals surface area contributed by atoms with E-state index in [4.69, 9.17) is 18.7 Å². The van der Waals surface area contributed by atoms with Crippen LogP contribution in [0.25, 0.3) is 11.0 Å². The van der Waals surface area contributed by atoms with Crippen molar-refractivity contribution in [2.75, 3.05) is 0 Å². The van der Waals surface area contributed by atoms with E-state index in [0.29, 0.717) is 30.4 Å². The van der Waals surface area contributed by atoms with Gasteiger partial charge >= 0.3 is 24.1 Å². The minimum Gasteiger partial charge on any atom is -0.478 e. The van der Waals surface area contributed by atoms with E-state index in [1.165, 1.54) is 47.6 Å². The number of carbonyl (C=O) groups excluding carboxylic acids is 2. The number of aromatic nitrogens is 1. The zero-order valence-corrected chi connectivity index (χ0v) is 22.8. The predicted octanol–water partition coefficient (Wildman–Crippen LogP) is 5.64. The Kier molecular flexibility index (Phi) is 8.80. The first kappa shape index (κ1) is 30.9. The van der Waals surface area contributed by atoms with Crippen LogP contribution in [0.3, 0.4) is 0 Å². The number of carboxylic acid groups (broad SMARTS) is 1. The van der Waals surface area contributed by atoms with E-state index in [1.54, 1.807) is 0 Å². The van der Waals surface area contributed by atoms with E-state index in [0.717, 1.165) is 0 Å². The van der Waals surface area contributed by atoms with Gasteiger partial charge in [0.25, 0.3) is 0 Å². The lowest BCUT2D eigenvalue weighted by Crippen LogP contribution is -2.50. The summed E-state index contributed by atoms with van der Waals surface area (Å²) in [6.45, 7) is 11.3. The van der Waals surface area contributed by atoms with Crippen molar-refractivity contribution in [1.82, 2.24) is 5.16 Å². The third-order valence-electron chi connectivity index (χ3n) is 5.73. The van der Waals surface area contributed by atoms with Crippen molar-refractivity contribution in [2.24, 2.45) is 0 Å². The Morgan fingerprint density at radius 2 is 1.42 bits per heavy atom. The van der Waals surface area contributed by atoms with Gasteiger partial charge in [0.15, 0.2) is 16.9 Å². The van der Waals surface area contributed by atoms with Crippen LogP contribution in [0.1, 0.15) is 85.1 Å². The molecule has 12 heteroatoms. The molecule has 0 aliphatic heterocycles. The monoisotopic (exact) mass is 545 g/mol. The van der Waals surface area contributed by atoms with E-state index in [1.807, 2.05) is 13.8 Å². The number of aliphatic carboxylic acids is 1. The molecule has 2 aromatic rings. The molecule has 2 rings (SSSR count). The van der Waals surface area contributed by atoms with E-state index in [9.17, 15) is 32.7 Å². The van der Waals surface area contributed by atoms with Crippen LogP contribution >= 0.6 is 0 Å². The van der Waals surface area contributed by atoms with Crippen LogP contribution in [-0.4, -0.2) is 45.0 Å². The Labute approximate surface area is 218 Å². The summed E-state index contributed by atoms with van der Waals surface area (Å²) in [6, 6.07) is 1.31. The molecule has 1 N–H and O–H groups in total. The number of carbonyl (C=O) groups is 3. The highest BCUT2D eigenvalue weighted by Crippen LogP contribution is 2.42. The fourth-order valence-corrected chi connectivity index (χ4v) is 3.54. The van der Waals surface area contributed by atoms with Crippen LogP contribution < -0.4 is 4.74 Å². The molecule has 0 bridgehead atoms. The summed E-state index contributed by atoms with van der Waals surface area (Å²) in [5, 5.41) is 12.3. The molecule has 0 fully saturated rings. The van der Waals surface area contributed by atoms with Crippen LogP contribution in [0.5, 0.6) is 5.75 Å². The van der Waals surface area contributed by atoms with Crippen molar-refractivity contribution in [3.8, 4) is 5.75 Å². The SMILES string of the molecule is CCCc1cc2c(C(F)(F)F)noc2c(CCC)c1OC(C)(C)C(=O)OC(C)(C)C(=O)OC(C)(C)C(=O)O. The summed E-state index contributed by atoms with van der Waals surface area (Å²) in [5.41, 5.74) is -5.92. The van der Waals surface area contributed by atoms with Gasteiger partial charge in [0.1, 0.15) is 5.75 Å². The number of benzene rings is 1. The van der Waals surface area contributed by atoms with Crippen molar-refractivity contribution in [1.29, 1.82) is 0 Å². The molecule has 212 valence electrons. The van der Waals surface area contributed by atoms with Crippen molar-refractivity contribution in [2.45, 2.75) is 104 Å². The highest BCUT2D eigenvalue weighted by molar-refractivity contribution is 5.89. The van der Waals surface area contributed by atoms with Gasteiger partial charge in [-0.3, -0.25) is 0 Å². The average molecular weight is 546 g/mol. The topological polar surface area (TPSA) is 125 Å². The normalized spacial score (nSPS) is 12.9. The number of rotatable bonds is 11. The molecular weight excluding hydrogens is 511 g/mol. The number of nitrogens with zero attached hydrogens (tertiary/aromatic N) is 1. The highest BCUT2D eigenvalue weighted by Gasteiger charge is 2.45. The molecule has 0 saturated heterocycles. The Hall–Kier alpha value is -3.31. The first-order valence-electron chi connectivity index (χ1n) is 12.2. The summed E-state index contributed by atoms with van der Waals surface area (Å²) in [7, 11) is 0. The van der Waals surface area contributed by atoms with Gasteiger partial charge in [0.05, 0.1) is 5.39 Å². The number of fused-ring (bicyclic) bond motifs is 1. The minimum atomic E-state index is -4.72. The van der Waals surface area contributed by atoms with E-state index in [2.05, 4.69) is 5.16 Å². The van der Waals surface area contributed by atoms with Crippen molar-refractivity contribution >= 4 is 28.9 Å². The summed E-state index contributed by atoms with van der Waals surface area (Å²) in [6.07, 6.45) is -2.99. The zero-order valence-electron chi connectivity index (χ0n) is 22.8. The van der Waals surface area contributed by atoms with Gasteiger partial charge in [-0.1, -0.05) is 31.8 Å². The molecule has 1 aromatic heterocycles. The maximum Gasteiger partial charge on any atom is 0.437 e. The van der Waals surface area contributed by atoms with Crippen LogP contribution in [-0.2, 0) is 42.9 Å². The molecule has 0 saturated carbocycles. The fourth-order valence-electron chi connectivity index (χ4n) is 3.54. The van der Waals surface area contributed by atoms with E-state index in [-0.39, 0.29) is 23.1 Å². The molecule has 0 aliphatic rings. The van der Waals surface area contributed by atoms with Crippen LogP contribution in [0.4, 0.5) is 13.2 Å². The number of esters is 2. The first-order chi connectivity index (χ1) is 17.3. The third-order valence-corrected chi connectivity index (χ3v) is 5.73. The second-order valence-electron chi connectivity index (χ2n) is 10.5. The summed E-state index contributed by atoms with van der Waals surface area (Å²) >= 11 is 0. The number of carboxylic acids is 1. The fraction of sp³-hybridized carbons (Fsp3) is 0.615. The van der Waals surface area contributed by atoms with Gasteiger partial charge < -0.3 is 23.8 Å². The second-order valence-corrected chi connectivity index (χ2v) is 10.5. The lowest BCUT2D eigenvalue weighted by Gasteiger charge is -2.32. The van der Waals surface area contributed by atoms with E-state index >= 15 is 0 Å². The van der Waals surface area contributed by atoms with Gasteiger partial charge in [-0.05, 0) is 66.0 Å². The molecule has 38 heavy (non-hydrogen) atoms. The first-order valence-corrected chi connectivity index (χ1v) is 12.2. The van der Waals surface area contributed by atoms with Gasteiger partial charge in [0.2, 0.25) is 11.2 Å². The Balaban J connectivity index is 2.49. The third kappa shape index (κ3) is 6.57. The molecule has 0 radical (unpaired) electrons. The smallest absolute Gasteiger partial charge is 0.437 e. The van der Waals surface area contributed by atoms with Crippen LogP contribution in [0.2, 0.25) is 0 Å². The largest absolute Gasteiger partial charge is 0.478 e. The number of aryl methyl sites for hydroxylation is 2. The van der Waals surface area contributed by atoms with Gasteiger partial charge in [-0.2, -0.15) is 13.2 Å². The average Bonchev–Trinajstić information content (AvgIpc) is 3.19. The van der Waals surface area contributed by atoms with Crippen LogP contribution in [0, 0.1) is 0 Å². The quantitative estimate of drug-likeness (QED) is 0.357. The Bertz CT molecular complexity index is 1210. The molecule has 9 nitrogen and oxygen atoms in total. The predicted molar refractivity (Wildman–Crippen MR) is 130 cm³/mol. The van der Waals surface area contributed by atoms with Gasteiger partial charge in [-0.15, -0.1) is 0 Å². The number of halogens is 3. The molecule has 0 atom stereocenters. The van der Waals surface area contributed by atoms with Gasteiger partial charge in [0, 0.05) is 5.56 Å². The highest BCUT2D eigenvalue weighted by atomic mass is 19.4. The molecule has 1 heterocycles. The number of ether oxygens (including phenoxy) is 3. The Morgan fingerprint density at radius 1 is 0.895 bits per heavy atom. The summed E-state index contributed by atoms with van der Waals surface area (Å²) in [4.78, 5) is 37.1. The van der Waals surface area contributed by atoms with E-state index < -0.39 is 46.6 Å². The van der Waals surface area contributed by atoms with Crippen LogP contribution in [0.15, 0.2) is 10.6 Å². The summed E-state index contributed by atoms with van der Waals surface area (Å²) in [5.74, 6) is -3.28. The summed E-state index contributed by atoms with van der Waals surface area (Å²) < 4.78 is 62.3. The van der Waals surface area contributed by atoms with Crippen molar-refractivity contribution in [3.63, 3.8) is 0 Å². The minimum absolute atomic E-state index is 0.0852. The second kappa shape index (κ2) is 10.8. The maximum absolute atomic E-state index is 13.5. The number of alkyl halides is 3. The van der Waals surface area contributed by atoms with Gasteiger partial charge in [-0.25, -0.2) is 14.4 Å². The lowest BCUT2D eigenvalue weighted by atomic mass is 9.97. The lowest BCUT2D eigenvalue weighted by molar-refractivity contribution is -0.198. The maximum atomic E-state index is 13.5. The Morgan fingerprint density at radius 3 is 1.92 bits per heavy atom. The molecule has 1 aromatic carbocycles. The molecule has 0 amide bonds. The molecule has 0 aliphatic carbocycles. The zero-order chi connectivity index (χ0) is 29.3. The molecule has 0 spiro atoms. The molecular formula is C26H34F3NO8. The number of hydrogen-bond acceptors (Lipinski definition) is 8. The standard InChI is InChI=1S/C26H34F3NO8/c1-9-11-14-13-16-18(38-30-19(16)26(27,28)29)15(12-10-2)17(14)35-24(5,6)21(33)37-25(7,8)22(34)36-23(3,4)20(31)32/h13H,9-12H2,1-8H3,(H,31,32). The molecule has 0 unspecified atom stereocenters. The van der Waals surface area contributed by atoms with Crippen molar-refractivity contribution in [3.05, 3.63) is 22.9 Å². The number of hydrogen-bond donors (Lipinski definition) is 1. The van der Waals surface area contributed by atoms with Crippen molar-refractivity contribution < 1.29 is 51.4 Å².